The number of amides is 2. The molecular formula is C18H24N2O4. The summed E-state index contributed by atoms with van der Waals surface area (Å²) in [7, 11) is 0. The van der Waals surface area contributed by atoms with Crippen LogP contribution in [0.5, 0.6) is 0 Å². The number of ether oxygens (including phenoxy) is 1. The third-order valence-corrected chi connectivity index (χ3v) is 4.12. The monoisotopic (exact) mass is 332 g/mol. The minimum Gasteiger partial charge on any atom is -0.464 e. The van der Waals surface area contributed by atoms with E-state index >= 15 is 0 Å². The number of hydrogen-bond donors (Lipinski definition) is 2. The Kier molecular flexibility index (Phi) is 4.96. The normalized spacial score (nSPS) is 20.4. The van der Waals surface area contributed by atoms with Crippen molar-refractivity contribution < 1.29 is 19.1 Å². The highest BCUT2D eigenvalue weighted by molar-refractivity contribution is 5.97. The van der Waals surface area contributed by atoms with Crippen molar-refractivity contribution >= 4 is 17.8 Å². The molecule has 0 radical (unpaired) electrons. The predicted molar refractivity (Wildman–Crippen MR) is 89.6 cm³/mol. The molecule has 130 valence electrons. The molecule has 0 spiro atoms. The van der Waals surface area contributed by atoms with E-state index in [9.17, 15) is 14.4 Å². The van der Waals surface area contributed by atoms with E-state index in [2.05, 4.69) is 31.4 Å². The van der Waals surface area contributed by atoms with Gasteiger partial charge >= 0.3 is 5.97 Å². The molecule has 0 aliphatic carbocycles. The van der Waals surface area contributed by atoms with E-state index in [1.807, 2.05) is 12.1 Å². The summed E-state index contributed by atoms with van der Waals surface area (Å²) >= 11 is 0. The Bertz CT molecular complexity index is 646. The first-order chi connectivity index (χ1) is 11.1. The Morgan fingerprint density at radius 3 is 2.33 bits per heavy atom. The number of rotatable bonds is 4. The van der Waals surface area contributed by atoms with Crippen LogP contribution in [0.15, 0.2) is 24.3 Å². The molecule has 1 aliphatic rings. The van der Waals surface area contributed by atoms with Crippen molar-refractivity contribution in [1.82, 2.24) is 10.6 Å². The molecule has 0 saturated carbocycles. The lowest BCUT2D eigenvalue weighted by Crippen LogP contribution is -2.52. The maximum Gasteiger partial charge on any atom is 0.331 e. The minimum atomic E-state index is -1.00. The van der Waals surface area contributed by atoms with Crippen LogP contribution in [0.2, 0.25) is 0 Å². The molecule has 0 bridgehead atoms. The number of hydrogen-bond acceptors (Lipinski definition) is 4. The summed E-state index contributed by atoms with van der Waals surface area (Å²) in [6.07, 6.45) is 0.430. The predicted octanol–water partition coefficient (Wildman–Crippen LogP) is 1.54. The fourth-order valence-corrected chi connectivity index (χ4v) is 2.46. The smallest absolute Gasteiger partial charge is 0.331 e. The number of benzene rings is 1. The molecule has 0 aromatic heterocycles. The molecule has 2 amide bonds. The fourth-order valence-electron chi connectivity index (χ4n) is 2.46. The van der Waals surface area contributed by atoms with Gasteiger partial charge in [-0.05, 0) is 30.0 Å². The number of carbonyl (C=O) groups excluding carboxylic acids is 3. The molecule has 1 unspecified atom stereocenters. The second kappa shape index (κ2) is 6.63. The zero-order chi connectivity index (χ0) is 18.0. The Labute approximate surface area is 142 Å². The Hall–Kier alpha value is -2.37. The average Bonchev–Trinajstić information content (AvgIpc) is 2.83. The van der Waals surface area contributed by atoms with Gasteiger partial charge in [0.05, 0.1) is 13.2 Å². The van der Waals surface area contributed by atoms with E-state index in [0.717, 1.165) is 5.56 Å². The van der Waals surface area contributed by atoms with E-state index in [-0.39, 0.29) is 17.9 Å². The molecule has 1 aromatic carbocycles. The van der Waals surface area contributed by atoms with Crippen molar-refractivity contribution in [2.45, 2.75) is 45.1 Å². The molecule has 2 N–H and O–H groups in total. The highest BCUT2D eigenvalue weighted by Gasteiger charge is 2.41. The molecule has 1 atom stereocenters. The van der Waals surface area contributed by atoms with Crippen LogP contribution in [0, 0.1) is 0 Å². The van der Waals surface area contributed by atoms with E-state index < -0.39 is 17.4 Å². The van der Waals surface area contributed by atoms with Crippen molar-refractivity contribution in [1.29, 1.82) is 0 Å². The van der Waals surface area contributed by atoms with Gasteiger partial charge in [-0.25, -0.2) is 4.79 Å². The topological polar surface area (TPSA) is 84.5 Å². The zero-order valence-corrected chi connectivity index (χ0v) is 14.6. The van der Waals surface area contributed by atoms with E-state index in [1.54, 1.807) is 19.1 Å². The zero-order valence-electron chi connectivity index (χ0n) is 14.6. The van der Waals surface area contributed by atoms with Crippen LogP contribution in [-0.2, 0) is 19.7 Å². The molecule has 2 rings (SSSR count). The Morgan fingerprint density at radius 1 is 1.21 bits per heavy atom. The summed E-state index contributed by atoms with van der Waals surface area (Å²) in [5.74, 6) is -1.19. The van der Waals surface area contributed by atoms with Crippen molar-refractivity contribution in [3.05, 3.63) is 35.4 Å². The van der Waals surface area contributed by atoms with Gasteiger partial charge in [-0.3, -0.25) is 9.59 Å². The van der Waals surface area contributed by atoms with Crippen LogP contribution < -0.4 is 10.6 Å². The van der Waals surface area contributed by atoms with Crippen molar-refractivity contribution in [3.63, 3.8) is 0 Å². The quantitative estimate of drug-likeness (QED) is 0.819. The molecule has 6 nitrogen and oxygen atoms in total. The maximum absolute atomic E-state index is 12.1. The van der Waals surface area contributed by atoms with Crippen molar-refractivity contribution in [3.8, 4) is 0 Å². The lowest BCUT2D eigenvalue weighted by molar-refractivity contribution is -0.144. The summed E-state index contributed by atoms with van der Waals surface area (Å²) < 4.78 is 4.86. The third kappa shape index (κ3) is 4.13. The number of cyclic esters (lactones) is 1. The molecule has 1 saturated heterocycles. The van der Waals surface area contributed by atoms with Crippen LogP contribution in [0.25, 0.3) is 0 Å². The van der Waals surface area contributed by atoms with Crippen LogP contribution >= 0.6 is 0 Å². The standard InChI is InChI=1S/C18H24N2O4/c1-17(2,3)13-7-5-12(6-8-13)15(22)19-11-14(21)20-18(4)9-10-24-16(18)23/h5-8H,9-11H2,1-4H3,(H,19,22)(H,20,21). The summed E-state index contributed by atoms with van der Waals surface area (Å²) in [4.78, 5) is 35.6. The van der Waals surface area contributed by atoms with Gasteiger partial charge in [-0.1, -0.05) is 32.9 Å². The summed E-state index contributed by atoms with van der Waals surface area (Å²) in [5, 5.41) is 5.17. The largest absolute Gasteiger partial charge is 0.464 e. The highest BCUT2D eigenvalue weighted by atomic mass is 16.5. The molecule has 24 heavy (non-hydrogen) atoms. The number of nitrogens with one attached hydrogen (secondary N) is 2. The second-order valence-electron chi connectivity index (χ2n) is 7.28. The first-order valence-electron chi connectivity index (χ1n) is 7.99. The van der Waals surface area contributed by atoms with Crippen LogP contribution in [-0.4, -0.2) is 36.5 Å². The lowest BCUT2D eigenvalue weighted by atomic mass is 9.87. The number of esters is 1. The summed E-state index contributed by atoms with van der Waals surface area (Å²) in [6.45, 7) is 8.02. The maximum atomic E-state index is 12.1. The summed E-state index contributed by atoms with van der Waals surface area (Å²) in [6, 6.07) is 7.29. The van der Waals surface area contributed by atoms with Gasteiger partial charge in [0, 0.05) is 12.0 Å². The molecular weight excluding hydrogens is 308 g/mol. The van der Waals surface area contributed by atoms with Crippen molar-refractivity contribution in [2.24, 2.45) is 0 Å². The van der Waals surface area contributed by atoms with Gasteiger partial charge in [0.15, 0.2) is 0 Å². The molecule has 1 fully saturated rings. The molecule has 1 heterocycles. The Balaban J connectivity index is 1.89. The molecule has 1 aliphatic heterocycles. The highest BCUT2D eigenvalue weighted by Crippen LogP contribution is 2.22. The van der Waals surface area contributed by atoms with Gasteiger partial charge < -0.3 is 15.4 Å². The second-order valence-corrected chi connectivity index (χ2v) is 7.28. The first-order valence-corrected chi connectivity index (χ1v) is 7.99. The van der Waals surface area contributed by atoms with E-state index in [1.165, 1.54) is 0 Å². The van der Waals surface area contributed by atoms with E-state index in [0.29, 0.717) is 18.6 Å². The van der Waals surface area contributed by atoms with Crippen LogP contribution in [0.4, 0.5) is 0 Å². The van der Waals surface area contributed by atoms with Gasteiger partial charge in [-0.2, -0.15) is 0 Å². The fraction of sp³-hybridized carbons (Fsp3) is 0.500. The Morgan fingerprint density at radius 2 is 1.83 bits per heavy atom. The van der Waals surface area contributed by atoms with Crippen LogP contribution in [0.3, 0.4) is 0 Å². The van der Waals surface area contributed by atoms with Gasteiger partial charge in [0.25, 0.3) is 5.91 Å². The van der Waals surface area contributed by atoms with Crippen LogP contribution in [0.1, 0.15) is 50.0 Å². The molecule has 6 heteroatoms. The molecule has 1 aromatic rings. The van der Waals surface area contributed by atoms with Gasteiger partial charge in [-0.15, -0.1) is 0 Å². The minimum absolute atomic E-state index is 0.0141. The van der Waals surface area contributed by atoms with Crippen molar-refractivity contribution in [2.75, 3.05) is 13.2 Å². The SMILES string of the molecule is CC1(NC(=O)CNC(=O)c2ccc(C(C)(C)C)cc2)CCOC1=O. The van der Waals surface area contributed by atoms with Gasteiger partial charge in [0.1, 0.15) is 5.54 Å². The first kappa shape index (κ1) is 18.0. The summed E-state index contributed by atoms with van der Waals surface area (Å²) in [5.41, 5.74) is 0.628. The third-order valence-electron chi connectivity index (χ3n) is 4.12. The van der Waals surface area contributed by atoms with Gasteiger partial charge in [0.2, 0.25) is 5.91 Å². The average molecular weight is 332 g/mol. The lowest BCUT2D eigenvalue weighted by Gasteiger charge is -2.21. The van der Waals surface area contributed by atoms with E-state index in [4.69, 9.17) is 4.74 Å². The number of carbonyl (C=O) groups is 3.